The van der Waals surface area contributed by atoms with E-state index in [2.05, 4.69) is 27.0 Å². The molecule has 2 heterocycles. The molecular formula is C17H21N3O2. The van der Waals surface area contributed by atoms with Gasteiger partial charge in [0.1, 0.15) is 17.4 Å². The van der Waals surface area contributed by atoms with E-state index < -0.39 is 0 Å². The van der Waals surface area contributed by atoms with Gasteiger partial charge in [0.25, 0.3) is 0 Å². The number of rotatable bonds is 4. The van der Waals surface area contributed by atoms with Crippen molar-refractivity contribution < 1.29 is 9.47 Å². The summed E-state index contributed by atoms with van der Waals surface area (Å²) in [6, 6.07) is 10.1. The van der Waals surface area contributed by atoms with Gasteiger partial charge in [-0.25, -0.2) is 9.97 Å². The van der Waals surface area contributed by atoms with Crippen molar-refractivity contribution in [2.24, 2.45) is 0 Å². The number of aromatic nitrogens is 2. The third kappa shape index (κ3) is 3.54. The van der Waals surface area contributed by atoms with E-state index in [-0.39, 0.29) is 6.10 Å². The Labute approximate surface area is 130 Å². The maximum Gasteiger partial charge on any atom is 0.132 e. The van der Waals surface area contributed by atoms with Gasteiger partial charge < -0.3 is 14.4 Å². The second-order valence-electron chi connectivity index (χ2n) is 5.45. The second-order valence-corrected chi connectivity index (χ2v) is 5.45. The molecule has 2 aromatic rings. The molecule has 1 fully saturated rings. The predicted octanol–water partition coefficient (Wildman–Crippen LogP) is 2.24. The Balaban J connectivity index is 1.65. The average Bonchev–Trinajstić information content (AvgIpc) is 2.56. The highest BCUT2D eigenvalue weighted by molar-refractivity contribution is 5.38. The van der Waals surface area contributed by atoms with Gasteiger partial charge in [0.2, 0.25) is 0 Å². The Hall–Kier alpha value is -2.14. The van der Waals surface area contributed by atoms with Crippen molar-refractivity contribution >= 4 is 5.82 Å². The number of methoxy groups -OCH3 is 1. The second kappa shape index (κ2) is 6.75. The highest BCUT2D eigenvalue weighted by Gasteiger charge is 2.21. The molecule has 0 unspecified atom stereocenters. The Morgan fingerprint density at radius 3 is 2.82 bits per heavy atom. The predicted molar refractivity (Wildman–Crippen MR) is 85.4 cm³/mol. The summed E-state index contributed by atoms with van der Waals surface area (Å²) in [5.41, 5.74) is 1.26. The number of hydrogen-bond donors (Lipinski definition) is 0. The van der Waals surface area contributed by atoms with E-state index in [1.54, 1.807) is 7.11 Å². The highest BCUT2D eigenvalue weighted by Crippen LogP contribution is 2.18. The molecule has 1 aliphatic rings. The Morgan fingerprint density at radius 2 is 2.09 bits per heavy atom. The van der Waals surface area contributed by atoms with Crippen LogP contribution in [0.3, 0.4) is 0 Å². The fraction of sp³-hybridized carbons (Fsp3) is 0.412. The summed E-state index contributed by atoms with van der Waals surface area (Å²) in [6.07, 6.45) is 2.88. The van der Waals surface area contributed by atoms with Crippen LogP contribution in [0.15, 0.2) is 36.5 Å². The molecule has 3 rings (SSSR count). The van der Waals surface area contributed by atoms with Crippen LogP contribution in [0.1, 0.15) is 11.4 Å². The molecule has 0 bridgehead atoms. The van der Waals surface area contributed by atoms with Gasteiger partial charge in [0, 0.05) is 25.7 Å². The lowest BCUT2D eigenvalue weighted by Crippen LogP contribution is -2.43. The van der Waals surface area contributed by atoms with Crippen molar-refractivity contribution in [2.75, 3.05) is 31.7 Å². The van der Waals surface area contributed by atoms with Crippen LogP contribution in [-0.2, 0) is 11.2 Å². The van der Waals surface area contributed by atoms with Crippen molar-refractivity contribution in [3.63, 3.8) is 0 Å². The topological polar surface area (TPSA) is 47.5 Å². The van der Waals surface area contributed by atoms with Crippen molar-refractivity contribution in [1.29, 1.82) is 0 Å². The van der Waals surface area contributed by atoms with Gasteiger partial charge in [-0.05, 0) is 30.7 Å². The summed E-state index contributed by atoms with van der Waals surface area (Å²) in [4.78, 5) is 10.9. The van der Waals surface area contributed by atoms with Crippen molar-refractivity contribution in [2.45, 2.75) is 19.4 Å². The normalized spacial score (nSPS) is 18.3. The summed E-state index contributed by atoms with van der Waals surface area (Å²) in [5.74, 6) is 2.66. The third-order valence-electron chi connectivity index (χ3n) is 3.85. The summed E-state index contributed by atoms with van der Waals surface area (Å²) in [6.45, 7) is 4.36. The summed E-state index contributed by atoms with van der Waals surface area (Å²) >= 11 is 0. The van der Waals surface area contributed by atoms with Crippen LogP contribution in [-0.4, -0.2) is 42.9 Å². The molecule has 5 heteroatoms. The van der Waals surface area contributed by atoms with Crippen LogP contribution in [0.2, 0.25) is 0 Å². The fourth-order valence-corrected chi connectivity index (χ4v) is 2.70. The molecule has 0 saturated carbocycles. The lowest BCUT2D eigenvalue weighted by atomic mass is 10.1. The SMILES string of the molecule is COc1ccc(C[C@H]2CN(c3ccnc(C)n3)CCO2)cc1. The third-order valence-corrected chi connectivity index (χ3v) is 3.85. The molecule has 116 valence electrons. The van der Waals surface area contributed by atoms with Crippen LogP contribution in [0.5, 0.6) is 5.75 Å². The van der Waals surface area contributed by atoms with Gasteiger partial charge >= 0.3 is 0 Å². The van der Waals surface area contributed by atoms with Crippen LogP contribution in [0, 0.1) is 6.92 Å². The molecule has 0 radical (unpaired) electrons. The van der Waals surface area contributed by atoms with E-state index in [4.69, 9.17) is 9.47 Å². The highest BCUT2D eigenvalue weighted by atomic mass is 16.5. The monoisotopic (exact) mass is 299 g/mol. The molecule has 1 aromatic carbocycles. The molecule has 0 N–H and O–H groups in total. The minimum Gasteiger partial charge on any atom is -0.497 e. The first-order valence-corrected chi connectivity index (χ1v) is 7.54. The van der Waals surface area contributed by atoms with Crippen LogP contribution >= 0.6 is 0 Å². The van der Waals surface area contributed by atoms with Gasteiger partial charge in [-0.3, -0.25) is 0 Å². The number of nitrogens with zero attached hydrogens (tertiary/aromatic N) is 3. The molecule has 0 aliphatic carbocycles. The molecule has 0 amide bonds. The Morgan fingerprint density at radius 1 is 1.27 bits per heavy atom. The first-order chi connectivity index (χ1) is 10.7. The molecule has 1 aliphatic heterocycles. The summed E-state index contributed by atoms with van der Waals surface area (Å²) in [5, 5.41) is 0. The van der Waals surface area contributed by atoms with E-state index in [9.17, 15) is 0 Å². The van der Waals surface area contributed by atoms with Crippen molar-refractivity contribution in [3.8, 4) is 5.75 Å². The average molecular weight is 299 g/mol. The Kier molecular flexibility index (Phi) is 4.53. The minimum atomic E-state index is 0.178. The van der Waals surface area contributed by atoms with Gasteiger partial charge in [-0.15, -0.1) is 0 Å². The number of morpholine rings is 1. The quantitative estimate of drug-likeness (QED) is 0.866. The first-order valence-electron chi connectivity index (χ1n) is 7.54. The molecule has 1 atom stereocenters. The van der Waals surface area contributed by atoms with Gasteiger partial charge in [-0.1, -0.05) is 12.1 Å². The van der Waals surface area contributed by atoms with Crippen LogP contribution in [0.4, 0.5) is 5.82 Å². The Bertz CT molecular complexity index is 616. The van der Waals surface area contributed by atoms with Gasteiger partial charge in [0.05, 0.1) is 19.8 Å². The number of benzene rings is 1. The smallest absolute Gasteiger partial charge is 0.132 e. The largest absolute Gasteiger partial charge is 0.497 e. The number of ether oxygens (including phenoxy) is 2. The summed E-state index contributed by atoms with van der Waals surface area (Å²) < 4.78 is 11.1. The zero-order valence-electron chi connectivity index (χ0n) is 13.0. The molecule has 1 saturated heterocycles. The zero-order chi connectivity index (χ0) is 15.4. The number of aryl methyl sites for hydroxylation is 1. The zero-order valence-corrected chi connectivity index (χ0v) is 13.0. The van der Waals surface area contributed by atoms with E-state index in [0.717, 1.165) is 43.5 Å². The van der Waals surface area contributed by atoms with E-state index in [0.29, 0.717) is 0 Å². The lowest BCUT2D eigenvalue weighted by molar-refractivity contribution is 0.0408. The van der Waals surface area contributed by atoms with E-state index in [1.165, 1.54) is 5.56 Å². The lowest BCUT2D eigenvalue weighted by Gasteiger charge is -2.33. The van der Waals surface area contributed by atoms with Crippen molar-refractivity contribution in [3.05, 3.63) is 47.9 Å². The van der Waals surface area contributed by atoms with Crippen molar-refractivity contribution in [1.82, 2.24) is 9.97 Å². The minimum absolute atomic E-state index is 0.178. The molecule has 1 aromatic heterocycles. The molecule has 0 spiro atoms. The van der Waals surface area contributed by atoms with E-state index >= 15 is 0 Å². The fourth-order valence-electron chi connectivity index (χ4n) is 2.70. The molecule has 22 heavy (non-hydrogen) atoms. The number of anilines is 1. The summed E-state index contributed by atoms with van der Waals surface area (Å²) in [7, 11) is 1.68. The van der Waals surface area contributed by atoms with Gasteiger partial charge in [0.15, 0.2) is 0 Å². The maximum atomic E-state index is 5.90. The first kappa shape index (κ1) is 14.8. The molecule has 5 nitrogen and oxygen atoms in total. The maximum absolute atomic E-state index is 5.90. The van der Waals surface area contributed by atoms with Crippen LogP contribution in [0.25, 0.3) is 0 Å². The van der Waals surface area contributed by atoms with E-state index in [1.807, 2.05) is 31.3 Å². The number of hydrogen-bond acceptors (Lipinski definition) is 5. The standard InChI is InChI=1S/C17H21N3O2/c1-13-18-8-7-17(19-13)20-9-10-22-16(12-20)11-14-3-5-15(21-2)6-4-14/h3-8,16H,9-12H2,1-2H3/t16-/m0/s1. The van der Waals surface area contributed by atoms with Gasteiger partial charge in [-0.2, -0.15) is 0 Å². The molecular weight excluding hydrogens is 278 g/mol. The van der Waals surface area contributed by atoms with Crippen LogP contribution < -0.4 is 9.64 Å².